The van der Waals surface area contributed by atoms with Gasteiger partial charge in [-0.25, -0.2) is 4.98 Å². The molecule has 0 saturated carbocycles. The Balaban J connectivity index is 2.56. The van der Waals surface area contributed by atoms with E-state index >= 15 is 0 Å². The zero-order valence-corrected chi connectivity index (χ0v) is 10.3. The van der Waals surface area contributed by atoms with E-state index in [0.29, 0.717) is 11.4 Å². The molecular weight excluding hydrogens is 253 g/mol. The average molecular weight is 268 g/mol. The summed E-state index contributed by atoms with van der Waals surface area (Å²) in [5.41, 5.74) is 0.819. The number of aliphatic hydroxyl groups is 1. The monoisotopic (exact) mass is 268 g/mol. The molecule has 0 amide bonds. The molecule has 0 aliphatic rings. The predicted molar refractivity (Wildman–Crippen MR) is 59.9 cm³/mol. The second-order valence-corrected chi connectivity index (χ2v) is 4.73. The van der Waals surface area contributed by atoms with Gasteiger partial charge in [0.25, 0.3) is 0 Å². The molecule has 3 nitrogen and oxygen atoms in total. The molecule has 98 valence electrons. The number of aryl methyl sites for hydroxylation is 1. The molecule has 0 unspecified atom stereocenters. The van der Waals surface area contributed by atoms with Crippen LogP contribution in [0.2, 0.25) is 0 Å². The third-order valence-electron chi connectivity index (χ3n) is 2.06. The molecule has 0 aromatic carbocycles. The first-order valence-corrected chi connectivity index (χ1v) is 6.09. The van der Waals surface area contributed by atoms with Crippen LogP contribution < -0.4 is 0 Å². The number of halogens is 3. The fourth-order valence-corrected chi connectivity index (χ4v) is 2.24. The second-order valence-electron chi connectivity index (χ2n) is 3.79. The highest BCUT2D eigenvalue weighted by Crippen LogP contribution is 2.19. The third kappa shape index (κ3) is 5.99. The molecule has 1 N–H and O–H groups in total. The van der Waals surface area contributed by atoms with Crippen molar-refractivity contribution in [3.05, 3.63) is 16.1 Å². The molecule has 0 radical (unpaired) electrons. The van der Waals surface area contributed by atoms with Crippen molar-refractivity contribution in [2.45, 2.75) is 26.1 Å². The Kier molecular flexibility index (Phi) is 5.35. The lowest BCUT2D eigenvalue weighted by Crippen LogP contribution is -2.34. The number of nitrogens with zero attached hydrogens (tertiary/aromatic N) is 2. The largest absolute Gasteiger partial charge is 0.401 e. The van der Waals surface area contributed by atoms with E-state index in [1.807, 2.05) is 12.3 Å². The number of hydrogen-bond donors (Lipinski definition) is 1. The Morgan fingerprint density at radius 1 is 1.47 bits per heavy atom. The first kappa shape index (κ1) is 14.4. The van der Waals surface area contributed by atoms with Crippen LogP contribution in [-0.2, 0) is 6.54 Å². The van der Waals surface area contributed by atoms with E-state index in [4.69, 9.17) is 5.11 Å². The van der Waals surface area contributed by atoms with Gasteiger partial charge in [-0.05, 0) is 13.3 Å². The molecule has 0 aliphatic carbocycles. The van der Waals surface area contributed by atoms with Gasteiger partial charge in [0.05, 0.1) is 13.1 Å². The number of aliphatic hydroxyl groups excluding tert-OH is 1. The smallest absolute Gasteiger partial charge is 0.396 e. The summed E-state index contributed by atoms with van der Waals surface area (Å²) < 4.78 is 37.0. The maximum absolute atomic E-state index is 12.3. The van der Waals surface area contributed by atoms with E-state index < -0.39 is 12.7 Å². The zero-order valence-electron chi connectivity index (χ0n) is 9.50. The third-order valence-corrected chi connectivity index (χ3v) is 3.01. The van der Waals surface area contributed by atoms with E-state index in [-0.39, 0.29) is 19.7 Å². The van der Waals surface area contributed by atoms with Crippen LogP contribution in [0.25, 0.3) is 0 Å². The van der Waals surface area contributed by atoms with Gasteiger partial charge in [-0.2, -0.15) is 13.2 Å². The molecule has 0 fully saturated rings. The molecule has 17 heavy (non-hydrogen) atoms. The number of aromatic nitrogens is 1. The zero-order chi connectivity index (χ0) is 12.9. The van der Waals surface area contributed by atoms with Crippen LogP contribution in [0.1, 0.15) is 17.1 Å². The highest BCUT2D eigenvalue weighted by molar-refractivity contribution is 7.09. The van der Waals surface area contributed by atoms with Gasteiger partial charge in [0.1, 0.15) is 5.01 Å². The van der Waals surface area contributed by atoms with Crippen LogP contribution >= 0.6 is 11.3 Å². The van der Waals surface area contributed by atoms with Crippen molar-refractivity contribution in [1.82, 2.24) is 9.88 Å². The van der Waals surface area contributed by atoms with Crippen LogP contribution in [0.5, 0.6) is 0 Å². The highest BCUT2D eigenvalue weighted by Gasteiger charge is 2.30. The summed E-state index contributed by atoms with van der Waals surface area (Å²) in [4.78, 5) is 5.39. The molecule has 1 rings (SSSR count). The minimum atomic E-state index is -4.22. The van der Waals surface area contributed by atoms with Crippen molar-refractivity contribution in [3.8, 4) is 0 Å². The summed E-state index contributed by atoms with van der Waals surface area (Å²) >= 11 is 1.35. The lowest BCUT2D eigenvalue weighted by molar-refractivity contribution is -0.147. The topological polar surface area (TPSA) is 36.4 Å². The van der Waals surface area contributed by atoms with Crippen LogP contribution in [0.3, 0.4) is 0 Å². The number of hydrogen-bond acceptors (Lipinski definition) is 4. The van der Waals surface area contributed by atoms with Crippen molar-refractivity contribution in [3.63, 3.8) is 0 Å². The second kappa shape index (κ2) is 6.32. The first-order valence-electron chi connectivity index (χ1n) is 5.21. The molecule has 0 aliphatic heterocycles. The quantitative estimate of drug-likeness (QED) is 0.859. The van der Waals surface area contributed by atoms with Crippen molar-refractivity contribution >= 4 is 11.3 Å². The lowest BCUT2D eigenvalue weighted by atomic mass is 10.3. The molecule has 7 heteroatoms. The van der Waals surface area contributed by atoms with Gasteiger partial charge in [0.2, 0.25) is 0 Å². The molecule has 0 saturated heterocycles. The van der Waals surface area contributed by atoms with Crippen molar-refractivity contribution in [2.75, 3.05) is 19.7 Å². The van der Waals surface area contributed by atoms with Gasteiger partial charge in [-0.1, -0.05) is 0 Å². The van der Waals surface area contributed by atoms with Gasteiger partial charge in [0.15, 0.2) is 0 Å². The summed E-state index contributed by atoms with van der Waals surface area (Å²) in [6.45, 7) is 1.13. The SMILES string of the molecule is Cc1csc(CN(CCCO)CC(F)(F)F)n1. The summed E-state index contributed by atoms with van der Waals surface area (Å²) in [7, 11) is 0. The Labute approximate surface area is 102 Å². The van der Waals surface area contributed by atoms with Crippen LogP contribution in [-0.4, -0.2) is 40.9 Å². The average Bonchev–Trinajstić information content (AvgIpc) is 2.58. The molecule has 1 heterocycles. The van der Waals surface area contributed by atoms with Crippen molar-refractivity contribution in [2.24, 2.45) is 0 Å². The van der Waals surface area contributed by atoms with Crippen LogP contribution in [0, 0.1) is 6.92 Å². The van der Waals surface area contributed by atoms with E-state index in [2.05, 4.69) is 4.98 Å². The van der Waals surface area contributed by atoms with E-state index in [1.165, 1.54) is 16.2 Å². The van der Waals surface area contributed by atoms with Crippen LogP contribution in [0.15, 0.2) is 5.38 Å². The van der Waals surface area contributed by atoms with Gasteiger partial charge in [0, 0.05) is 24.2 Å². The maximum Gasteiger partial charge on any atom is 0.401 e. The summed E-state index contributed by atoms with van der Waals surface area (Å²) in [5, 5.41) is 11.1. The Morgan fingerprint density at radius 3 is 2.65 bits per heavy atom. The Morgan fingerprint density at radius 2 is 2.18 bits per heavy atom. The van der Waals surface area contributed by atoms with E-state index in [1.54, 1.807) is 0 Å². The standard InChI is InChI=1S/C10H15F3N2OS/c1-8-6-17-9(14-8)5-15(3-2-4-16)7-10(11,12)13/h6,16H,2-5,7H2,1H3. The molecule has 0 spiro atoms. The molecular formula is C10H15F3N2OS. The molecule has 1 aromatic heterocycles. The number of thiazole rings is 1. The fraction of sp³-hybridized carbons (Fsp3) is 0.700. The Hall–Kier alpha value is -0.660. The molecule has 0 atom stereocenters. The fourth-order valence-electron chi connectivity index (χ4n) is 1.43. The number of rotatable bonds is 6. The predicted octanol–water partition coefficient (Wildman–Crippen LogP) is 2.20. The Bertz CT molecular complexity index is 341. The summed E-state index contributed by atoms with van der Waals surface area (Å²) in [6.07, 6.45) is -3.89. The number of alkyl halides is 3. The molecule has 0 bridgehead atoms. The van der Waals surface area contributed by atoms with E-state index in [9.17, 15) is 13.2 Å². The highest BCUT2D eigenvalue weighted by atomic mass is 32.1. The van der Waals surface area contributed by atoms with E-state index in [0.717, 1.165) is 5.69 Å². The summed E-state index contributed by atoms with van der Waals surface area (Å²) in [5.74, 6) is 0. The molecule has 1 aromatic rings. The van der Waals surface area contributed by atoms with Crippen LogP contribution in [0.4, 0.5) is 13.2 Å². The van der Waals surface area contributed by atoms with Gasteiger partial charge in [-0.15, -0.1) is 11.3 Å². The first-order chi connectivity index (χ1) is 7.90. The van der Waals surface area contributed by atoms with Crippen molar-refractivity contribution in [1.29, 1.82) is 0 Å². The summed E-state index contributed by atoms with van der Waals surface area (Å²) in [6, 6.07) is 0. The maximum atomic E-state index is 12.3. The van der Waals surface area contributed by atoms with Crippen molar-refractivity contribution < 1.29 is 18.3 Å². The van der Waals surface area contributed by atoms with Gasteiger partial charge >= 0.3 is 6.18 Å². The van der Waals surface area contributed by atoms with Gasteiger partial charge in [-0.3, -0.25) is 4.90 Å². The minimum Gasteiger partial charge on any atom is -0.396 e. The minimum absolute atomic E-state index is 0.106. The normalized spacial score (nSPS) is 12.4. The lowest BCUT2D eigenvalue weighted by Gasteiger charge is -2.22. The van der Waals surface area contributed by atoms with Gasteiger partial charge < -0.3 is 5.11 Å².